The molecule has 1 amide bonds. The first-order chi connectivity index (χ1) is 9.41. The second kappa shape index (κ2) is 5.24. The first-order valence-corrected chi connectivity index (χ1v) is 5.51. The zero-order valence-corrected chi connectivity index (χ0v) is 10.3. The van der Waals surface area contributed by atoms with Gasteiger partial charge in [-0.1, -0.05) is 5.16 Å². The highest BCUT2D eigenvalue weighted by atomic mass is 19.4. The summed E-state index contributed by atoms with van der Waals surface area (Å²) in [6, 6.07) is 3.28. The van der Waals surface area contributed by atoms with E-state index in [9.17, 15) is 18.0 Å². The molecule has 2 aromatic rings. The minimum absolute atomic E-state index is 0.0981. The van der Waals surface area contributed by atoms with Crippen LogP contribution in [0.4, 0.5) is 24.5 Å². The molecule has 1 aromatic heterocycles. The lowest BCUT2D eigenvalue weighted by Gasteiger charge is -2.13. The SMILES string of the molecule is CNc1ccc(C(=O)Nc2cnoc2)cc1C(F)(F)F. The highest BCUT2D eigenvalue weighted by Crippen LogP contribution is 2.35. The van der Waals surface area contributed by atoms with E-state index in [0.29, 0.717) is 0 Å². The number of nitrogens with zero attached hydrogens (tertiary/aromatic N) is 1. The molecule has 106 valence electrons. The molecule has 0 saturated heterocycles. The predicted octanol–water partition coefficient (Wildman–Crippen LogP) is 2.99. The number of aromatic nitrogens is 1. The van der Waals surface area contributed by atoms with E-state index in [2.05, 4.69) is 20.3 Å². The average Bonchev–Trinajstić information content (AvgIpc) is 2.89. The van der Waals surface area contributed by atoms with Gasteiger partial charge in [-0.3, -0.25) is 4.79 Å². The number of carbonyl (C=O) groups is 1. The summed E-state index contributed by atoms with van der Waals surface area (Å²) in [7, 11) is 1.38. The van der Waals surface area contributed by atoms with Gasteiger partial charge in [-0.2, -0.15) is 13.2 Å². The molecule has 0 atom stereocenters. The molecule has 2 N–H and O–H groups in total. The van der Waals surface area contributed by atoms with Gasteiger partial charge in [0.1, 0.15) is 12.0 Å². The molecule has 0 fully saturated rings. The first kappa shape index (κ1) is 13.9. The minimum Gasteiger partial charge on any atom is -0.388 e. The maximum atomic E-state index is 12.9. The van der Waals surface area contributed by atoms with E-state index in [1.807, 2.05) is 0 Å². The van der Waals surface area contributed by atoms with Gasteiger partial charge in [0.25, 0.3) is 5.91 Å². The quantitative estimate of drug-likeness (QED) is 0.909. The van der Waals surface area contributed by atoms with Gasteiger partial charge in [0.15, 0.2) is 0 Å². The number of hydrogen-bond acceptors (Lipinski definition) is 4. The van der Waals surface area contributed by atoms with Crippen molar-refractivity contribution < 1.29 is 22.5 Å². The number of hydrogen-bond donors (Lipinski definition) is 2. The molecular weight excluding hydrogens is 275 g/mol. The van der Waals surface area contributed by atoms with Crippen LogP contribution in [0.1, 0.15) is 15.9 Å². The Hall–Kier alpha value is -2.51. The van der Waals surface area contributed by atoms with Crippen molar-refractivity contribution in [2.75, 3.05) is 17.7 Å². The van der Waals surface area contributed by atoms with Crippen LogP contribution in [-0.2, 0) is 6.18 Å². The van der Waals surface area contributed by atoms with Crippen molar-refractivity contribution in [3.05, 3.63) is 41.8 Å². The number of nitrogens with one attached hydrogen (secondary N) is 2. The zero-order valence-electron chi connectivity index (χ0n) is 10.3. The molecule has 0 aliphatic carbocycles. The van der Waals surface area contributed by atoms with Gasteiger partial charge in [0.05, 0.1) is 11.8 Å². The Morgan fingerprint density at radius 1 is 1.35 bits per heavy atom. The zero-order chi connectivity index (χ0) is 14.8. The van der Waals surface area contributed by atoms with Crippen molar-refractivity contribution in [1.29, 1.82) is 0 Å². The van der Waals surface area contributed by atoms with E-state index in [1.54, 1.807) is 0 Å². The van der Waals surface area contributed by atoms with Crippen LogP contribution < -0.4 is 10.6 Å². The Morgan fingerprint density at radius 2 is 2.10 bits per heavy atom. The van der Waals surface area contributed by atoms with Crippen molar-refractivity contribution in [3.63, 3.8) is 0 Å². The van der Waals surface area contributed by atoms with Crippen LogP contribution in [0.25, 0.3) is 0 Å². The fourth-order valence-corrected chi connectivity index (χ4v) is 1.61. The monoisotopic (exact) mass is 285 g/mol. The molecule has 0 aliphatic rings. The molecule has 0 aliphatic heterocycles. The molecule has 0 radical (unpaired) electrons. The molecule has 0 spiro atoms. The van der Waals surface area contributed by atoms with E-state index >= 15 is 0 Å². The molecule has 0 bridgehead atoms. The topological polar surface area (TPSA) is 67.2 Å². The van der Waals surface area contributed by atoms with Gasteiger partial charge in [-0.15, -0.1) is 0 Å². The standard InChI is InChI=1S/C12H10F3N3O2/c1-16-10-3-2-7(4-9(10)12(13,14)15)11(19)18-8-5-17-20-6-8/h2-6,16H,1H3,(H,18,19). The van der Waals surface area contributed by atoms with Crippen molar-refractivity contribution in [3.8, 4) is 0 Å². The number of carbonyl (C=O) groups excluding carboxylic acids is 1. The number of halogens is 3. The fraction of sp³-hybridized carbons (Fsp3) is 0.167. The number of amides is 1. The van der Waals surface area contributed by atoms with E-state index in [4.69, 9.17) is 0 Å². The summed E-state index contributed by atoms with van der Waals surface area (Å²) in [5.74, 6) is -0.679. The molecular formula is C12H10F3N3O2. The minimum atomic E-state index is -4.55. The summed E-state index contributed by atoms with van der Waals surface area (Å²) in [5, 5.41) is 8.18. The molecule has 20 heavy (non-hydrogen) atoms. The molecule has 0 saturated carbocycles. The van der Waals surface area contributed by atoms with E-state index < -0.39 is 17.6 Å². The predicted molar refractivity (Wildman–Crippen MR) is 65.4 cm³/mol. The Morgan fingerprint density at radius 3 is 2.65 bits per heavy atom. The van der Waals surface area contributed by atoms with Crippen molar-refractivity contribution >= 4 is 17.3 Å². The van der Waals surface area contributed by atoms with Crippen LogP contribution in [0.2, 0.25) is 0 Å². The van der Waals surface area contributed by atoms with Crippen molar-refractivity contribution in [1.82, 2.24) is 5.16 Å². The Balaban J connectivity index is 2.31. The summed E-state index contributed by atoms with van der Waals surface area (Å²) in [4.78, 5) is 11.8. The van der Waals surface area contributed by atoms with Crippen LogP contribution in [0.15, 0.2) is 35.2 Å². The van der Waals surface area contributed by atoms with E-state index in [-0.39, 0.29) is 16.9 Å². The molecule has 2 rings (SSSR count). The fourth-order valence-electron chi connectivity index (χ4n) is 1.61. The van der Waals surface area contributed by atoms with Gasteiger partial charge < -0.3 is 15.2 Å². The Labute approximate surface area is 111 Å². The highest BCUT2D eigenvalue weighted by Gasteiger charge is 2.34. The summed E-state index contributed by atoms with van der Waals surface area (Å²) in [6.45, 7) is 0. The molecule has 8 heteroatoms. The summed E-state index contributed by atoms with van der Waals surface area (Å²) in [6.07, 6.45) is -2.14. The summed E-state index contributed by atoms with van der Waals surface area (Å²) in [5.41, 5.74) is -0.851. The first-order valence-electron chi connectivity index (χ1n) is 5.51. The second-order valence-electron chi connectivity index (χ2n) is 3.88. The third-order valence-electron chi connectivity index (χ3n) is 2.55. The lowest BCUT2D eigenvalue weighted by Crippen LogP contribution is -2.15. The maximum absolute atomic E-state index is 12.9. The lowest BCUT2D eigenvalue weighted by molar-refractivity contribution is -0.136. The van der Waals surface area contributed by atoms with Gasteiger partial charge in [0, 0.05) is 18.3 Å². The maximum Gasteiger partial charge on any atom is 0.418 e. The van der Waals surface area contributed by atoms with Crippen LogP contribution in [0, 0.1) is 0 Å². The van der Waals surface area contributed by atoms with Crippen LogP contribution in [-0.4, -0.2) is 18.1 Å². The van der Waals surface area contributed by atoms with Crippen molar-refractivity contribution in [2.24, 2.45) is 0 Å². The van der Waals surface area contributed by atoms with Gasteiger partial charge in [-0.25, -0.2) is 0 Å². The smallest absolute Gasteiger partial charge is 0.388 e. The number of benzene rings is 1. The van der Waals surface area contributed by atoms with Gasteiger partial charge >= 0.3 is 6.18 Å². The Kier molecular flexibility index (Phi) is 3.64. The summed E-state index contributed by atoms with van der Waals surface area (Å²) >= 11 is 0. The molecule has 5 nitrogen and oxygen atoms in total. The molecule has 1 heterocycles. The molecule has 0 unspecified atom stereocenters. The van der Waals surface area contributed by atoms with Crippen molar-refractivity contribution in [2.45, 2.75) is 6.18 Å². The normalized spacial score (nSPS) is 11.2. The highest BCUT2D eigenvalue weighted by molar-refractivity contribution is 6.04. The van der Waals surface area contributed by atoms with Crippen LogP contribution >= 0.6 is 0 Å². The number of anilines is 2. The Bertz CT molecular complexity index is 609. The van der Waals surface area contributed by atoms with Crippen LogP contribution in [0.5, 0.6) is 0 Å². The number of alkyl halides is 3. The van der Waals surface area contributed by atoms with E-state index in [0.717, 1.165) is 6.07 Å². The molecule has 1 aromatic carbocycles. The second-order valence-corrected chi connectivity index (χ2v) is 3.88. The van der Waals surface area contributed by atoms with E-state index in [1.165, 1.54) is 31.6 Å². The average molecular weight is 285 g/mol. The third-order valence-corrected chi connectivity index (χ3v) is 2.55. The lowest BCUT2D eigenvalue weighted by atomic mass is 10.1. The van der Waals surface area contributed by atoms with Gasteiger partial charge in [0.2, 0.25) is 0 Å². The van der Waals surface area contributed by atoms with Crippen LogP contribution in [0.3, 0.4) is 0 Å². The largest absolute Gasteiger partial charge is 0.418 e. The third kappa shape index (κ3) is 2.90. The van der Waals surface area contributed by atoms with Gasteiger partial charge in [-0.05, 0) is 18.2 Å². The summed E-state index contributed by atoms with van der Waals surface area (Å²) < 4.78 is 43.1. The number of rotatable bonds is 3.